The van der Waals surface area contributed by atoms with Crippen LogP contribution in [-0.2, 0) is 11.3 Å². The molecule has 1 heterocycles. The van der Waals surface area contributed by atoms with Gasteiger partial charge in [0.2, 0.25) is 0 Å². The summed E-state index contributed by atoms with van der Waals surface area (Å²) >= 11 is 0. The van der Waals surface area contributed by atoms with Crippen molar-refractivity contribution in [3.8, 4) is 11.4 Å². The summed E-state index contributed by atoms with van der Waals surface area (Å²) in [7, 11) is 0. The highest BCUT2D eigenvalue weighted by Crippen LogP contribution is 2.22. The van der Waals surface area contributed by atoms with E-state index in [9.17, 15) is 8.78 Å². The highest BCUT2D eigenvalue weighted by Gasteiger charge is 2.11. The number of hydrogen-bond donors (Lipinski definition) is 1. The molecule has 0 radical (unpaired) electrons. The lowest BCUT2D eigenvalue weighted by atomic mass is 10.2. The number of nitrogen functional groups attached to an aromatic ring is 1. The molecule has 2 N–H and O–H groups in total. The molecule has 19 heavy (non-hydrogen) atoms. The van der Waals surface area contributed by atoms with Gasteiger partial charge in [0.25, 0.3) is 6.43 Å². The third-order valence-corrected chi connectivity index (χ3v) is 2.42. The summed E-state index contributed by atoms with van der Waals surface area (Å²) in [6.07, 6.45) is -2.47. The number of nitrogens with two attached hydrogens (primary N) is 1. The molecule has 1 aromatic carbocycles. The molecule has 0 atom stereocenters. The number of alkyl halides is 2. The minimum absolute atomic E-state index is 0.106. The third kappa shape index (κ3) is 3.44. The molecular weight excluding hydrogens is 256 g/mol. The van der Waals surface area contributed by atoms with Gasteiger partial charge < -0.3 is 10.5 Å². The highest BCUT2D eigenvalue weighted by atomic mass is 19.3. The molecule has 0 aliphatic rings. The van der Waals surface area contributed by atoms with E-state index >= 15 is 0 Å². The van der Waals surface area contributed by atoms with Gasteiger partial charge in [-0.1, -0.05) is 12.1 Å². The molecule has 0 unspecified atom stereocenters. The van der Waals surface area contributed by atoms with Crippen LogP contribution in [0.5, 0.6) is 0 Å². The van der Waals surface area contributed by atoms with Crippen LogP contribution in [0.2, 0.25) is 0 Å². The average Bonchev–Trinajstić information content (AvgIpc) is 2.83. The van der Waals surface area contributed by atoms with Gasteiger partial charge in [-0.2, -0.15) is 0 Å². The molecule has 0 spiro atoms. The van der Waals surface area contributed by atoms with Crippen LogP contribution >= 0.6 is 0 Å². The molecule has 8 heteroatoms. The van der Waals surface area contributed by atoms with E-state index in [1.54, 1.807) is 18.2 Å². The Hall–Kier alpha value is -2.09. The van der Waals surface area contributed by atoms with E-state index in [2.05, 4.69) is 15.5 Å². The molecule has 0 fully saturated rings. The number of rotatable bonds is 6. The van der Waals surface area contributed by atoms with Crippen LogP contribution in [0.3, 0.4) is 0 Å². The number of halogens is 2. The van der Waals surface area contributed by atoms with Crippen molar-refractivity contribution in [3.63, 3.8) is 0 Å². The fourth-order valence-corrected chi connectivity index (χ4v) is 1.57. The number of ether oxygens (including phenoxy) is 1. The topological polar surface area (TPSA) is 78.9 Å². The standard InChI is InChI=1S/C11H13F2N5O/c12-10(13)7-19-6-5-18-11(15-16-17-18)8-3-1-2-4-9(8)14/h1-4,10H,5-7,14H2. The maximum absolute atomic E-state index is 11.9. The fraction of sp³-hybridized carbons (Fsp3) is 0.364. The predicted molar refractivity (Wildman–Crippen MR) is 64.5 cm³/mol. The van der Waals surface area contributed by atoms with Gasteiger partial charge in [0.15, 0.2) is 5.82 Å². The number of tetrazole rings is 1. The summed E-state index contributed by atoms with van der Waals surface area (Å²) in [5.74, 6) is 0.485. The van der Waals surface area contributed by atoms with Gasteiger partial charge in [-0.3, -0.25) is 0 Å². The maximum atomic E-state index is 11.9. The van der Waals surface area contributed by atoms with Crippen LogP contribution < -0.4 is 5.73 Å². The first-order valence-electron chi connectivity index (χ1n) is 5.65. The Morgan fingerprint density at radius 1 is 1.32 bits per heavy atom. The molecule has 0 saturated heterocycles. The normalized spacial score (nSPS) is 11.1. The van der Waals surface area contributed by atoms with Gasteiger partial charge in [-0.05, 0) is 22.6 Å². The number of para-hydroxylation sites is 1. The molecule has 0 aliphatic heterocycles. The molecule has 2 rings (SSSR count). The Bertz CT molecular complexity index is 531. The van der Waals surface area contributed by atoms with E-state index in [0.29, 0.717) is 17.1 Å². The quantitative estimate of drug-likeness (QED) is 0.629. The Labute approximate surface area is 108 Å². The first-order valence-corrected chi connectivity index (χ1v) is 5.65. The predicted octanol–water partition coefficient (Wildman–Crippen LogP) is 1.20. The second kappa shape index (κ2) is 6.19. The first-order chi connectivity index (χ1) is 9.18. The van der Waals surface area contributed by atoms with Crippen molar-refractivity contribution < 1.29 is 13.5 Å². The van der Waals surface area contributed by atoms with E-state index in [4.69, 9.17) is 10.5 Å². The van der Waals surface area contributed by atoms with Crippen molar-refractivity contribution >= 4 is 5.69 Å². The summed E-state index contributed by atoms with van der Waals surface area (Å²) in [5, 5.41) is 11.2. The first kappa shape index (κ1) is 13.3. The van der Waals surface area contributed by atoms with Crippen molar-refractivity contribution in [2.45, 2.75) is 13.0 Å². The third-order valence-electron chi connectivity index (χ3n) is 2.42. The van der Waals surface area contributed by atoms with Gasteiger partial charge in [-0.25, -0.2) is 13.5 Å². The molecular formula is C11H13F2N5O. The minimum Gasteiger partial charge on any atom is -0.398 e. The number of hydrogen-bond acceptors (Lipinski definition) is 5. The van der Waals surface area contributed by atoms with E-state index in [-0.39, 0.29) is 13.2 Å². The largest absolute Gasteiger partial charge is 0.398 e. The zero-order chi connectivity index (χ0) is 13.7. The molecule has 0 aliphatic carbocycles. The lowest BCUT2D eigenvalue weighted by Gasteiger charge is -2.07. The van der Waals surface area contributed by atoms with Crippen LogP contribution in [-0.4, -0.2) is 39.8 Å². The van der Waals surface area contributed by atoms with Crippen LogP contribution in [0, 0.1) is 0 Å². The zero-order valence-electron chi connectivity index (χ0n) is 10.0. The zero-order valence-corrected chi connectivity index (χ0v) is 10.0. The summed E-state index contributed by atoms with van der Waals surface area (Å²) in [6, 6.07) is 7.15. The minimum atomic E-state index is -2.47. The van der Waals surface area contributed by atoms with Gasteiger partial charge in [0.1, 0.15) is 6.61 Å². The number of benzene rings is 1. The van der Waals surface area contributed by atoms with Crippen molar-refractivity contribution in [2.24, 2.45) is 0 Å². The van der Waals surface area contributed by atoms with E-state index < -0.39 is 13.0 Å². The SMILES string of the molecule is Nc1ccccc1-c1nnnn1CCOCC(F)F. The number of aromatic nitrogens is 4. The van der Waals surface area contributed by atoms with Crippen molar-refractivity contribution in [3.05, 3.63) is 24.3 Å². The highest BCUT2D eigenvalue weighted by molar-refractivity contribution is 5.70. The molecule has 6 nitrogen and oxygen atoms in total. The van der Waals surface area contributed by atoms with Crippen molar-refractivity contribution in [1.82, 2.24) is 20.2 Å². The lowest BCUT2D eigenvalue weighted by molar-refractivity contribution is 0.0140. The van der Waals surface area contributed by atoms with Crippen molar-refractivity contribution in [1.29, 1.82) is 0 Å². The van der Waals surface area contributed by atoms with Crippen LogP contribution in [0.25, 0.3) is 11.4 Å². The molecule has 0 bridgehead atoms. The Balaban J connectivity index is 2.04. The maximum Gasteiger partial charge on any atom is 0.261 e. The molecule has 2 aromatic rings. The summed E-state index contributed by atoms with van der Waals surface area (Å²) < 4.78 is 30.1. The van der Waals surface area contributed by atoms with Crippen LogP contribution in [0.15, 0.2) is 24.3 Å². The Kier molecular flexibility index (Phi) is 4.35. The fourth-order valence-electron chi connectivity index (χ4n) is 1.57. The Morgan fingerprint density at radius 3 is 2.84 bits per heavy atom. The van der Waals surface area contributed by atoms with Crippen LogP contribution in [0.1, 0.15) is 0 Å². The van der Waals surface area contributed by atoms with E-state index in [1.165, 1.54) is 4.68 Å². The van der Waals surface area contributed by atoms with Crippen LogP contribution in [0.4, 0.5) is 14.5 Å². The Morgan fingerprint density at radius 2 is 2.11 bits per heavy atom. The smallest absolute Gasteiger partial charge is 0.261 e. The van der Waals surface area contributed by atoms with E-state index in [0.717, 1.165) is 0 Å². The summed E-state index contributed by atoms with van der Waals surface area (Å²) in [5.41, 5.74) is 7.08. The second-order valence-corrected chi connectivity index (χ2v) is 3.78. The molecule has 0 saturated carbocycles. The lowest BCUT2D eigenvalue weighted by Crippen LogP contribution is -2.12. The number of anilines is 1. The molecule has 1 aromatic heterocycles. The molecule has 0 amide bonds. The monoisotopic (exact) mass is 269 g/mol. The molecule has 102 valence electrons. The summed E-state index contributed by atoms with van der Waals surface area (Å²) in [4.78, 5) is 0. The summed E-state index contributed by atoms with van der Waals surface area (Å²) in [6.45, 7) is -0.205. The van der Waals surface area contributed by atoms with Gasteiger partial charge in [0.05, 0.1) is 13.2 Å². The second-order valence-electron chi connectivity index (χ2n) is 3.78. The van der Waals surface area contributed by atoms with Crippen molar-refractivity contribution in [2.75, 3.05) is 18.9 Å². The van der Waals surface area contributed by atoms with Gasteiger partial charge >= 0.3 is 0 Å². The number of nitrogens with zero attached hydrogens (tertiary/aromatic N) is 4. The van der Waals surface area contributed by atoms with Gasteiger partial charge in [0, 0.05) is 11.3 Å². The van der Waals surface area contributed by atoms with E-state index in [1.807, 2.05) is 6.07 Å². The van der Waals surface area contributed by atoms with Gasteiger partial charge in [-0.15, -0.1) is 5.10 Å². The average molecular weight is 269 g/mol.